The van der Waals surface area contributed by atoms with Crippen molar-refractivity contribution in [2.75, 3.05) is 13.7 Å². The third-order valence-electron chi connectivity index (χ3n) is 4.32. The molecule has 27 heavy (non-hydrogen) atoms. The second-order valence-corrected chi connectivity index (χ2v) is 6.64. The Morgan fingerprint density at radius 1 is 1.15 bits per heavy atom. The number of hydrogen-bond acceptors (Lipinski definition) is 3. The van der Waals surface area contributed by atoms with E-state index in [9.17, 15) is 4.79 Å². The molecule has 2 aromatic carbocycles. The summed E-state index contributed by atoms with van der Waals surface area (Å²) in [5.74, 6) is 0.754. The van der Waals surface area contributed by atoms with Gasteiger partial charge in [0.1, 0.15) is 5.75 Å². The van der Waals surface area contributed by atoms with E-state index >= 15 is 0 Å². The summed E-state index contributed by atoms with van der Waals surface area (Å²) >= 11 is 5.53. The summed E-state index contributed by atoms with van der Waals surface area (Å²) < 4.78 is 5.29. The van der Waals surface area contributed by atoms with Crippen LogP contribution in [0.15, 0.2) is 59.4 Å². The Kier molecular flexibility index (Phi) is 6.08. The molecule has 140 valence electrons. The van der Waals surface area contributed by atoms with Gasteiger partial charge in [0, 0.05) is 29.6 Å². The van der Waals surface area contributed by atoms with Gasteiger partial charge in [0.25, 0.3) is 5.56 Å². The number of thiocarbonyl (C=S) groups is 1. The highest BCUT2D eigenvalue weighted by molar-refractivity contribution is 7.80. The Labute approximate surface area is 164 Å². The van der Waals surface area contributed by atoms with E-state index in [2.05, 4.69) is 22.4 Å². The lowest BCUT2D eigenvalue weighted by molar-refractivity contribution is 0.398. The zero-order valence-corrected chi connectivity index (χ0v) is 16.3. The molecule has 0 aliphatic heterocycles. The molecule has 0 fully saturated rings. The molecule has 3 rings (SSSR count). The smallest absolute Gasteiger partial charge is 0.253 e. The normalized spacial score (nSPS) is 10.6. The van der Waals surface area contributed by atoms with Crippen molar-refractivity contribution in [2.24, 2.45) is 0 Å². The number of aromatic amines is 1. The van der Waals surface area contributed by atoms with Crippen LogP contribution in [0.3, 0.4) is 0 Å². The van der Waals surface area contributed by atoms with Crippen LogP contribution in [0.2, 0.25) is 0 Å². The van der Waals surface area contributed by atoms with Crippen molar-refractivity contribution in [3.8, 4) is 5.75 Å². The van der Waals surface area contributed by atoms with Crippen LogP contribution in [-0.4, -0.2) is 28.7 Å². The number of hydrogen-bond donors (Lipinski definition) is 2. The van der Waals surface area contributed by atoms with E-state index < -0.39 is 0 Å². The fourth-order valence-electron chi connectivity index (χ4n) is 2.95. The van der Waals surface area contributed by atoms with Crippen LogP contribution in [-0.2, 0) is 13.1 Å². The summed E-state index contributed by atoms with van der Waals surface area (Å²) in [6.45, 7) is 3.78. The quantitative estimate of drug-likeness (QED) is 0.641. The summed E-state index contributed by atoms with van der Waals surface area (Å²) in [5, 5.41) is 4.75. The van der Waals surface area contributed by atoms with Crippen molar-refractivity contribution in [3.05, 3.63) is 76.1 Å². The maximum Gasteiger partial charge on any atom is 0.253 e. The van der Waals surface area contributed by atoms with Gasteiger partial charge in [-0.1, -0.05) is 30.3 Å². The number of aromatic nitrogens is 1. The molecule has 0 spiro atoms. The Balaban J connectivity index is 1.93. The Morgan fingerprint density at radius 3 is 2.63 bits per heavy atom. The number of ether oxygens (including phenoxy) is 1. The molecule has 0 unspecified atom stereocenters. The number of H-pyrrole nitrogens is 1. The monoisotopic (exact) mass is 381 g/mol. The lowest BCUT2D eigenvalue weighted by Crippen LogP contribution is -2.39. The second kappa shape index (κ2) is 8.68. The van der Waals surface area contributed by atoms with Crippen LogP contribution >= 0.6 is 12.2 Å². The molecule has 3 aromatic rings. The largest absolute Gasteiger partial charge is 0.497 e. The van der Waals surface area contributed by atoms with Crippen LogP contribution < -0.4 is 15.6 Å². The molecule has 5 nitrogen and oxygen atoms in total. The number of methoxy groups -OCH3 is 1. The average molecular weight is 382 g/mol. The topological polar surface area (TPSA) is 57.4 Å². The third kappa shape index (κ3) is 4.65. The van der Waals surface area contributed by atoms with Crippen LogP contribution in [0.1, 0.15) is 18.1 Å². The minimum Gasteiger partial charge on any atom is -0.497 e. The predicted molar refractivity (Wildman–Crippen MR) is 113 cm³/mol. The van der Waals surface area contributed by atoms with Gasteiger partial charge in [0.05, 0.1) is 13.7 Å². The maximum absolute atomic E-state index is 12.6. The van der Waals surface area contributed by atoms with Crippen LogP contribution in [0, 0.1) is 0 Å². The molecule has 1 aromatic heterocycles. The zero-order chi connectivity index (χ0) is 19.2. The third-order valence-corrected chi connectivity index (χ3v) is 4.72. The van der Waals surface area contributed by atoms with Gasteiger partial charge in [-0.05, 0) is 49.0 Å². The highest BCUT2D eigenvalue weighted by atomic mass is 32.1. The van der Waals surface area contributed by atoms with Crippen molar-refractivity contribution in [1.29, 1.82) is 0 Å². The molecule has 6 heteroatoms. The molecule has 1 heterocycles. The van der Waals surface area contributed by atoms with Gasteiger partial charge < -0.3 is 19.9 Å². The Bertz CT molecular complexity index is 986. The first-order chi connectivity index (χ1) is 13.1. The molecule has 2 N–H and O–H groups in total. The summed E-state index contributed by atoms with van der Waals surface area (Å²) in [4.78, 5) is 17.5. The number of rotatable bonds is 6. The number of benzene rings is 2. The van der Waals surface area contributed by atoms with Crippen molar-refractivity contribution >= 4 is 28.2 Å². The van der Waals surface area contributed by atoms with Crippen LogP contribution in [0.25, 0.3) is 10.9 Å². The van der Waals surface area contributed by atoms with E-state index in [1.807, 2.05) is 54.3 Å². The predicted octanol–water partition coefficient (Wildman–Crippen LogP) is 3.43. The maximum atomic E-state index is 12.6. The number of fused-ring (bicyclic) bond motifs is 1. The van der Waals surface area contributed by atoms with Gasteiger partial charge in [-0.25, -0.2) is 0 Å². The summed E-state index contributed by atoms with van der Waals surface area (Å²) in [7, 11) is 1.63. The van der Waals surface area contributed by atoms with Gasteiger partial charge in [0.15, 0.2) is 5.11 Å². The van der Waals surface area contributed by atoms with E-state index in [1.54, 1.807) is 7.11 Å². The zero-order valence-electron chi connectivity index (χ0n) is 15.5. The number of nitrogens with one attached hydrogen (secondary N) is 2. The molecule has 0 saturated heterocycles. The van der Waals surface area contributed by atoms with E-state index in [0.717, 1.165) is 28.8 Å². The molecular weight excluding hydrogens is 358 g/mol. The van der Waals surface area contributed by atoms with Gasteiger partial charge in [0.2, 0.25) is 0 Å². The van der Waals surface area contributed by atoms with Gasteiger partial charge in [-0.3, -0.25) is 4.79 Å². The minimum atomic E-state index is -0.106. The first-order valence-corrected chi connectivity index (χ1v) is 9.28. The minimum absolute atomic E-state index is 0.106. The van der Waals surface area contributed by atoms with Crippen molar-refractivity contribution in [3.63, 3.8) is 0 Å². The van der Waals surface area contributed by atoms with Crippen molar-refractivity contribution in [2.45, 2.75) is 20.0 Å². The molecule has 0 saturated carbocycles. The molecule has 0 bridgehead atoms. The average Bonchev–Trinajstić information content (AvgIpc) is 2.68. The van der Waals surface area contributed by atoms with Gasteiger partial charge in [-0.15, -0.1) is 0 Å². The van der Waals surface area contributed by atoms with Crippen molar-refractivity contribution < 1.29 is 4.74 Å². The van der Waals surface area contributed by atoms with E-state index in [0.29, 0.717) is 23.8 Å². The Hall–Kier alpha value is -2.86. The summed E-state index contributed by atoms with van der Waals surface area (Å²) in [6, 6.07) is 17.6. The molecule has 0 aliphatic carbocycles. The standard InChI is InChI=1S/C21H23N3O2S/c1-3-22-21(27)24(13-15-7-5-4-6-8-15)14-17-11-16-12-18(26-2)9-10-19(16)23-20(17)25/h4-12H,3,13-14H2,1-2H3,(H,22,27)(H,23,25). The molecule has 0 atom stereocenters. The lowest BCUT2D eigenvalue weighted by atomic mass is 10.1. The molecular formula is C21H23N3O2S. The van der Waals surface area contributed by atoms with Crippen LogP contribution in [0.4, 0.5) is 0 Å². The fourth-order valence-corrected chi connectivity index (χ4v) is 3.22. The summed E-state index contributed by atoms with van der Waals surface area (Å²) in [6.07, 6.45) is 0. The Morgan fingerprint density at radius 2 is 1.93 bits per heavy atom. The van der Waals surface area contributed by atoms with E-state index in [1.165, 1.54) is 0 Å². The highest BCUT2D eigenvalue weighted by Crippen LogP contribution is 2.19. The lowest BCUT2D eigenvalue weighted by Gasteiger charge is -2.25. The summed E-state index contributed by atoms with van der Waals surface area (Å²) in [5.41, 5.74) is 2.47. The van der Waals surface area contributed by atoms with Crippen LogP contribution in [0.5, 0.6) is 5.75 Å². The second-order valence-electron chi connectivity index (χ2n) is 6.25. The molecule has 0 aliphatic rings. The number of nitrogens with zero attached hydrogens (tertiary/aromatic N) is 1. The molecule has 0 radical (unpaired) electrons. The SMILES string of the molecule is CCNC(=S)N(Cc1ccccc1)Cc1cc2cc(OC)ccc2[nH]c1=O. The van der Waals surface area contributed by atoms with Gasteiger partial charge in [-0.2, -0.15) is 0 Å². The first-order valence-electron chi connectivity index (χ1n) is 8.87. The van der Waals surface area contributed by atoms with E-state index in [4.69, 9.17) is 17.0 Å². The first kappa shape index (κ1) is 18.9. The highest BCUT2D eigenvalue weighted by Gasteiger charge is 2.14. The fraction of sp³-hybridized carbons (Fsp3) is 0.238. The van der Waals surface area contributed by atoms with Gasteiger partial charge >= 0.3 is 0 Å². The number of pyridine rings is 1. The van der Waals surface area contributed by atoms with Crippen molar-refractivity contribution in [1.82, 2.24) is 15.2 Å². The van der Waals surface area contributed by atoms with E-state index in [-0.39, 0.29) is 5.56 Å². The molecule has 0 amide bonds.